The molecular formula is C13H29N3. The molecule has 1 unspecified atom stereocenters. The van der Waals surface area contributed by atoms with Gasteiger partial charge in [0.05, 0.1) is 0 Å². The van der Waals surface area contributed by atoms with E-state index in [1.807, 2.05) is 0 Å². The summed E-state index contributed by atoms with van der Waals surface area (Å²) in [6, 6.07) is 0.782. The maximum atomic E-state index is 3.47. The number of rotatable bonds is 7. The second-order valence-electron chi connectivity index (χ2n) is 5.14. The van der Waals surface area contributed by atoms with Gasteiger partial charge in [0, 0.05) is 12.6 Å². The smallest absolute Gasteiger partial charge is 0.0220 e. The Morgan fingerprint density at radius 3 is 2.88 bits per heavy atom. The van der Waals surface area contributed by atoms with E-state index in [1.165, 1.54) is 51.9 Å². The highest BCUT2D eigenvalue weighted by Crippen LogP contribution is 2.13. The second-order valence-corrected chi connectivity index (χ2v) is 5.14. The monoisotopic (exact) mass is 227 g/mol. The van der Waals surface area contributed by atoms with Crippen molar-refractivity contribution in [2.45, 2.75) is 38.6 Å². The van der Waals surface area contributed by atoms with Gasteiger partial charge in [-0.05, 0) is 66.0 Å². The van der Waals surface area contributed by atoms with E-state index in [0.29, 0.717) is 0 Å². The van der Waals surface area contributed by atoms with Crippen molar-refractivity contribution in [1.29, 1.82) is 0 Å². The van der Waals surface area contributed by atoms with Gasteiger partial charge in [-0.1, -0.05) is 6.92 Å². The number of hydrogen-bond donors (Lipinski definition) is 1. The number of likely N-dealkylation sites (tertiary alicyclic amines) is 1. The molecule has 0 aromatic heterocycles. The molecule has 3 nitrogen and oxygen atoms in total. The fourth-order valence-electron chi connectivity index (χ4n) is 2.44. The van der Waals surface area contributed by atoms with Gasteiger partial charge < -0.3 is 15.1 Å². The number of piperidine rings is 1. The van der Waals surface area contributed by atoms with Crippen molar-refractivity contribution in [3.63, 3.8) is 0 Å². The summed E-state index contributed by atoms with van der Waals surface area (Å²) in [7, 11) is 4.52. The predicted octanol–water partition coefficient (Wildman–Crippen LogP) is 1.40. The predicted molar refractivity (Wildman–Crippen MR) is 70.9 cm³/mol. The van der Waals surface area contributed by atoms with Crippen molar-refractivity contribution in [2.24, 2.45) is 0 Å². The number of hydrogen-bond acceptors (Lipinski definition) is 3. The maximum absolute atomic E-state index is 3.47. The van der Waals surface area contributed by atoms with Gasteiger partial charge in [-0.2, -0.15) is 0 Å². The number of nitrogens with zero attached hydrogens (tertiary/aromatic N) is 2. The molecule has 1 saturated heterocycles. The fraction of sp³-hybridized carbons (Fsp3) is 1.00. The third-order valence-electron chi connectivity index (χ3n) is 3.51. The van der Waals surface area contributed by atoms with E-state index < -0.39 is 0 Å². The van der Waals surface area contributed by atoms with Crippen LogP contribution in [0.2, 0.25) is 0 Å². The summed E-state index contributed by atoms with van der Waals surface area (Å²) in [5.41, 5.74) is 0. The Morgan fingerprint density at radius 1 is 1.38 bits per heavy atom. The zero-order valence-corrected chi connectivity index (χ0v) is 11.3. The number of likely N-dealkylation sites (N-methyl/N-ethyl adjacent to an activating group) is 2. The molecule has 1 atom stereocenters. The van der Waals surface area contributed by atoms with Crippen molar-refractivity contribution >= 4 is 0 Å². The zero-order valence-electron chi connectivity index (χ0n) is 11.3. The lowest BCUT2D eigenvalue weighted by molar-refractivity contribution is 0.133. The van der Waals surface area contributed by atoms with Crippen LogP contribution in [0.25, 0.3) is 0 Å². The third kappa shape index (κ3) is 5.28. The quantitative estimate of drug-likeness (QED) is 0.663. The van der Waals surface area contributed by atoms with E-state index in [-0.39, 0.29) is 0 Å². The first kappa shape index (κ1) is 13.9. The molecule has 1 fully saturated rings. The van der Waals surface area contributed by atoms with Gasteiger partial charge >= 0.3 is 0 Å². The Hall–Kier alpha value is -0.120. The van der Waals surface area contributed by atoms with Crippen molar-refractivity contribution in [3.8, 4) is 0 Å². The summed E-state index contributed by atoms with van der Waals surface area (Å²) >= 11 is 0. The van der Waals surface area contributed by atoms with Crippen LogP contribution in [-0.4, -0.2) is 62.7 Å². The Kier molecular flexibility index (Phi) is 7.01. The minimum absolute atomic E-state index is 0.782. The van der Waals surface area contributed by atoms with Crippen LogP contribution in [0.15, 0.2) is 0 Å². The van der Waals surface area contributed by atoms with Gasteiger partial charge in [-0.15, -0.1) is 0 Å². The molecule has 1 aliphatic heterocycles. The van der Waals surface area contributed by atoms with Crippen LogP contribution in [0, 0.1) is 0 Å². The molecule has 0 aliphatic carbocycles. The van der Waals surface area contributed by atoms with Crippen LogP contribution < -0.4 is 5.32 Å². The molecule has 0 radical (unpaired) electrons. The molecular weight excluding hydrogens is 198 g/mol. The van der Waals surface area contributed by atoms with E-state index in [0.717, 1.165) is 12.6 Å². The highest BCUT2D eigenvalue weighted by Gasteiger charge is 2.20. The average molecular weight is 227 g/mol. The summed E-state index contributed by atoms with van der Waals surface area (Å²) in [4.78, 5) is 5.00. The molecule has 0 bridgehead atoms. The molecule has 1 rings (SSSR count). The van der Waals surface area contributed by atoms with E-state index in [4.69, 9.17) is 0 Å². The number of nitrogens with one attached hydrogen (secondary N) is 1. The lowest BCUT2D eigenvalue weighted by atomic mass is 10.1. The molecule has 1 N–H and O–H groups in total. The highest BCUT2D eigenvalue weighted by atomic mass is 15.2. The SMILES string of the molecule is CCCNCCCN(C)C1CCCN(C)C1. The highest BCUT2D eigenvalue weighted by molar-refractivity contribution is 4.77. The van der Waals surface area contributed by atoms with Crippen LogP contribution in [0.3, 0.4) is 0 Å². The molecule has 0 aromatic carbocycles. The Bertz CT molecular complexity index is 173. The first-order valence-electron chi connectivity index (χ1n) is 6.83. The van der Waals surface area contributed by atoms with E-state index in [2.05, 4.69) is 36.1 Å². The van der Waals surface area contributed by atoms with Crippen molar-refractivity contribution in [3.05, 3.63) is 0 Å². The maximum Gasteiger partial charge on any atom is 0.0220 e. The van der Waals surface area contributed by atoms with E-state index in [9.17, 15) is 0 Å². The first-order valence-corrected chi connectivity index (χ1v) is 6.83. The van der Waals surface area contributed by atoms with Crippen molar-refractivity contribution in [1.82, 2.24) is 15.1 Å². The van der Waals surface area contributed by atoms with Crippen LogP contribution >= 0.6 is 0 Å². The first-order chi connectivity index (χ1) is 7.74. The van der Waals surface area contributed by atoms with Crippen LogP contribution in [0.4, 0.5) is 0 Å². The van der Waals surface area contributed by atoms with Crippen LogP contribution in [0.5, 0.6) is 0 Å². The van der Waals surface area contributed by atoms with Gasteiger partial charge in [0.1, 0.15) is 0 Å². The van der Waals surface area contributed by atoms with Crippen LogP contribution in [0.1, 0.15) is 32.6 Å². The van der Waals surface area contributed by atoms with Crippen molar-refractivity contribution in [2.75, 3.05) is 46.8 Å². The largest absolute Gasteiger partial charge is 0.317 e. The van der Waals surface area contributed by atoms with Gasteiger partial charge in [0.25, 0.3) is 0 Å². The summed E-state index contributed by atoms with van der Waals surface area (Å²) in [6.45, 7) is 8.31. The Morgan fingerprint density at radius 2 is 2.19 bits per heavy atom. The lowest BCUT2D eigenvalue weighted by Gasteiger charge is -2.35. The third-order valence-corrected chi connectivity index (χ3v) is 3.51. The molecule has 0 amide bonds. The summed E-state index contributed by atoms with van der Waals surface area (Å²) < 4.78 is 0. The van der Waals surface area contributed by atoms with E-state index >= 15 is 0 Å². The Balaban J connectivity index is 2.06. The van der Waals surface area contributed by atoms with Gasteiger partial charge in [-0.3, -0.25) is 0 Å². The van der Waals surface area contributed by atoms with E-state index in [1.54, 1.807) is 0 Å². The second kappa shape index (κ2) is 8.04. The Labute approximate surface area is 101 Å². The molecule has 1 heterocycles. The topological polar surface area (TPSA) is 18.5 Å². The standard InChI is InChI=1S/C13H29N3/c1-4-8-14-9-6-11-16(3)13-7-5-10-15(2)12-13/h13-14H,4-12H2,1-3H3. The minimum atomic E-state index is 0.782. The van der Waals surface area contributed by atoms with Crippen LogP contribution in [-0.2, 0) is 0 Å². The molecule has 96 valence electrons. The van der Waals surface area contributed by atoms with Gasteiger partial charge in [-0.25, -0.2) is 0 Å². The summed E-state index contributed by atoms with van der Waals surface area (Å²) in [5.74, 6) is 0. The van der Waals surface area contributed by atoms with Gasteiger partial charge in [0.2, 0.25) is 0 Å². The molecule has 3 heteroatoms. The lowest BCUT2D eigenvalue weighted by Crippen LogP contribution is -2.45. The normalized spacial score (nSPS) is 22.9. The molecule has 0 spiro atoms. The van der Waals surface area contributed by atoms with Gasteiger partial charge in [0.15, 0.2) is 0 Å². The molecule has 0 aromatic rings. The minimum Gasteiger partial charge on any atom is -0.317 e. The average Bonchev–Trinajstić information content (AvgIpc) is 2.28. The molecule has 1 aliphatic rings. The van der Waals surface area contributed by atoms with Crippen molar-refractivity contribution < 1.29 is 0 Å². The summed E-state index contributed by atoms with van der Waals surface area (Å²) in [6.07, 6.45) is 5.25. The molecule has 0 saturated carbocycles. The summed E-state index contributed by atoms with van der Waals surface area (Å²) in [5, 5.41) is 3.47. The molecule has 16 heavy (non-hydrogen) atoms. The zero-order chi connectivity index (χ0) is 11.8. The fourth-order valence-corrected chi connectivity index (χ4v) is 2.44.